The first kappa shape index (κ1) is 12.6. The van der Waals surface area contributed by atoms with Crippen molar-refractivity contribution in [3.8, 4) is 5.75 Å². The molecule has 108 valence electrons. The maximum absolute atomic E-state index is 5.61. The molecule has 0 spiro atoms. The fraction of sp³-hybridized carbons (Fsp3) is 0.625. The average Bonchev–Trinajstić information content (AvgIpc) is 2.95. The zero-order valence-corrected chi connectivity index (χ0v) is 11.9. The molecular formula is C16H22N2O2. The van der Waals surface area contributed by atoms with Gasteiger partial charge >= 0.3 is 0 Å². The van der Waals surface area contributed by atoms with Gasteiger partial charge in [0.1, 0.15) is 5.75 Å². The summed E-state index contributed by atoms with van der Waals surface area (Å²) in [6.07, 6.45) is 1.06. The van der Waals surface area contributed by atoms with Crippen molar-refractivity contribution in [1.82, 2.24) is 9.80 Å². The predicted molar refractivity (Wildman–Crippen MR) is 77.1 cm³/mol. The highest BCUT2D eigenvalue weighted by Crippen LogP contribution is 2.26. The highest BCUT2D eigenvalue weighted by Gasteiger charge is 2.29. The van der Waals surface area contributed by atoms with Crippen molar-refractivity contribution in [3.63, 3.8) is 0 Å². The highest BCUT2D eigenvalue weighted by molar-refractivity contribution is 5.39. The third kappa shape index (κ3) is 2.43. The van der Waals surface area contributed by atoms with Crippen LogP contribution in [0.25, 0.3) is 0 Å². The molecule has 3 aliphatic heterocycles. The summed E-state index contributed by atoms with van der Waals surface area (Å²) in [5.74, 6) is 1.08. The Morgan fingerprint density at radius 2 is 2.15 bits per heavy atom. The quantitative estimate of drug-likeness (QED) is 0.807. The number of morpholine rings is 1. The number of benzene rings is 1. The summed E-state index contributed by atoms with van der Waals surface area (Å²) in [7, 11) is 0. The van der Waals surface area contributed by atoms with Crippen molar-refractivity contribution in [3.05, 3.63) is 29.3 Å². The molecule has 3 heterocycles. The third-order valence-electron chi connectivity index (χ3n) is 4.68. The summed E-state index contributed by atoms with van der Waals surface area (Å²) in [6.45, 7) is 8.29. The zero-order valence-electron chi connectivity index (χ0n) is 11.9. The zero-order chi connectivity index (χ0) is 13.4. The first-order valence-corrected chi connectivity index (χ1v) is 7.67. The highest BCUT2D eigenvalue weighted by atomic mass is 16.5. The molecule has 3 aliphatic rings. The molecule has 0 radical (unpaired) electrons. The number of hydrogen-bond donors (Lipinski definition) is 0. The lowest BCUT2D eigenvalue weighted by Gasteiger charge is -2.43. The Morgan fingerprint density at radius 3 is 3.15 bits per heavy atom. The summed E-state index contributed by atoms with van der Waals surface area (Å²) < 4.78 is 11.2. The van der Waals surface area contributed by atoms with E-state index >= 15 is 0 Å². The van der Waals surface area contributed by atoms with Gasteiger partial charge in [0.2, 0.25) is 0 Å². The first-order valence-electron chi connectivity index (χ1n) is 7.67. The molecule has 20 heavy (non-hydrogen) atoms. The van der Waals surface area contributed by atoms with Crippen molar-refractivity contribution in [1.29, 1.82) is 0 Å². The minimum Gasteiger partial charge on any atom is -0.493 e. The molecule has 2 saturated heterocycles. The van der Waals surface area contributed by atoms with Gasteiger partial charge in [-0.15, -0.1) is 0 Å². The largest absolute Gasteiger partial charge is 0.493 e. The van der Waals surface area contributed by atoms with Crippen LogP contribution in [0, 0.1) is 0 Å². The summed E-state index contributed by atoms with van der Waals surface area (Å²) in [6, 6.07) is 7.27. The van der Waals surface area contributed by atoms with E-state index in [9.17, 15) is 0 Å². The lowest BCUT2D eigenvalue weighted by molar-refractivity contribution is -0.0461. The summed E-state index contributed by atoms with van der Waals surface area (Å²) in [5, 5.41) is 0. The van der Waals surface area contributed by atoms with Gasteiger partial charge in [-0.25, -0.2) is 0 Å². The molecule has 4 rings (SSSR count). The van der Waals surface area contributed by atoms with Crippen molar-refractivity contribution in [2.24, 2.45) is 0 Å². The van der Waals surface area contributed by atoms with E-state index in [4.69, 9.17) is 9.47 Å². The normalized spacial score (nSPS) is 26.9. The second-order valence-corrected chi connectivity index (χ2v) is 6.04. The van der Waals surface area contributed by atoms with Crippen molar-refractivity contribution in [2.75, 3.05) is 46.0 Å². The Bertz CT molecular complexity index is 491. The molecule has 4 heteroatoms. The predicted octanol–water partition coefficient (Wildman–Crippen LogP) is 1.14. The number of ether oxygens (including phenoxy) is 2. The van der Waals surface area contributed by atoms with Crippen LogP contribution < -0.4 is 4.74 Å². The van der Waals surface area contributed by atoms with E-state index in [2.05, 4.69) is 28.0 Å². The molecule has 0 saturated carbocycles. The summed E-state index contributed by atoms with van der Waals surface area (Å²) in [4.78, 5) is 5.14. The van der Waals surface area contributed by atoms with E-state index in [1.807, 2.05) is 0 Å². The monoisotopic (exact) mass is 274 g/mol. The topological polar surface area (TPSA) is 24.9 Å². The number of piperazine rings is 1. The van der Waals surface area contributed by atoms with Crippen LogP contribution in [-0.4, -0.2) is 61.8 Å². The molecule has 1 aromatic carbocycles. The Balaban J connectivity index is 1.41. The second-order valence-electron chi connectivity index (χ2n) is 6.04. The summed E-state index contributed by atoms with van der Waals surface area (Å²) in [5.41, 5.74) is 2.79. The molecule has 0 aliphatic carbocycles. The molecule has 0 bridgehead atoms. The molecule has 0 unspecified atom stereocenters. The van der Waals surface area contributed by atoms with Gasteiger partial charge in [-0.3, -0.25) is 9.80 Å². The lowest BCUT2D eigenvalue weighted by Crippen LogP contribution is -2.57. The molecule has 2 fully saturated rings. The molecule has 1 aromatic rings. The molecule has 4 nitrogen and oxygen atoms in total. The molecule has 0 aromatic heterocycles. The van der Waals surface area contributed by atoms with Crippen LogP contribution in [0.4, 0.5) is 0 Å². The number of nitrogens with zero attached hydrogens (tertiary/aromatic N) is 2. The maximum Gasteiger partial charge on any atom is 0.122 e. The van der Waals surface area contributed by atoms with E-state index in [-0.39, 0.29) is 0 Å². The van der Waals surface area contributed by atoms with E-state index in [1.165, 1.54) is 24.2 Å². The van der Waals surface area contributed by atoms with Gasteiger partial charge in [0.15, 0.2) is 0 Å². The fourth-order valence-electron chi connectivity index (χ4n) is 3.55. The summed E-state index contributed by atoms with van der Waals surface area (Å²) >= 11 is 0. The van der Waals surface area contributed by atoms with Crippen LogP contribution in [0.2, 0.25) is 0 Å². The molecular weight excluding hydrogens is 252 g/mol. The van der Waals surface area contributed by atoms with Gasteiger partial charge in [0, 0.05) is 45.2 Å². The SMILES string of the molecule is c1cc2c(cc1CN1CCN3CCOC[C@@H]3C1)CCO2. The van der Waals surface area contributed by atoms with Crippen molar-refractivity contribution >= 4 is 0 Å². The van der Waals surface area contributed by atoms with E-state index in [1.54, 1.807) is 0 Å². The standard InChI is InChI=1S/C16H22N2O2/c1-2-16-14(3-7-20-16)9-13(1)10-17-4-5-18-6-8-19-12-15(18)11-17/h1-2,9,15H,3-8,10-12H2/t15-/m0/s1. The van der Waals surface area contributed by atoms with E-state index < -0.39 is 0 Å². The minimum atomic E-state index is 0.593. The van der Waals surface area contributed by atoms with Gasteiger partial charge in [0.05, 0.1) is 19.8 Å². The van der Waals surface area contributed by atoms with Gasteiger partial charge in [0.25, 0.3) is 0 Å². The number of hydrogen-bond acceptors (Lipinski definition) is 4. The van der Waals surface area contributed by atoms with Crippen LogP contribution >= 0.6 is 0 Å². The van der Waals surface area contributed by atoms with Gasteiger partial charge in [-0.2, -0.15) is 0 Å². The third-order valence-corrected chi connectivity index (χ3v) is 4.68. The van der Waals surface area contributed by atoms with Gasteiger partial charge < -0.3 is 9.47 Å². The Hall–Kier alpha value is -1.10. The molecule has 1 atom stereocenters. The average molecular weight is 274 g/mol. The molecule has 0 N–H and O–H groups in total. The smallest absolute Gasteiger partial charge is 0.122 e. The lowest BCUT2D eigenvalue weighted by atomic mass is 10.1. The fourth-order valence-corrected chi connectivity index (χ4v) is 3.55. The van der Waals surface area contributed by atoms with Crippen LogP contribution in [0.15, 0.2) is 18.2 Å². The van der Waals surface area contributed by atoms with Gasteiger partial charge in [-0.05, 0) is 17.2 Å². The van der Waals surface area contributed by atoms with Crippen LogP contribution in [0.3, 0.4) is 0 Å². The number of fused-ring (bicyclic) bond motifs is 2. The van der Waals surface area contributed by atoms with Crippen molar-refractivity contribution in [2.45, 2.75) is 19.0 Å². The van der Waals surface area contributed by atoms with Crippen LogP contribution in [0.5, 0.6) is 5.75 Å². The van der Waals surface area contributed by atoms with Crippen LogP contribution in [0.1, 0.15) is 11.1 Å². The number of rotatable bonds is 2. The van der Waals surface area contributed by atoms with E-state index in [0.29, 0.717) is 6.04 Å². The second kappa shape index (κ2) is 5.35. The Morgan fingerprint density at radius 1 is 1.15 bits per heavy atom. The van der Waals surface area contributed by atoms with Gasteiger partial charge in [-0.1, -0.05) is 12.1 Å². The maximum atomic E-state index is 5.61. The van der Waals surface area contributed by atoms with Crippen LogP contribution in [-0.2, 0) is 17.7 Å². The Labute approximate surface area is 120 Å². The van der Waals surface area contributed by atoms with E-state index in [0.717, 1.165) is 51.6 Å². The Kier molecular flexibility index (Phi) is 3.38. The molecule has 0 amide bonds. The first-order chi connectivity index (χ1) is 9.88. The van der Waals surface area contributed by atoms with Crippen molar-refractivity contribution < 1.29 is 9.47 Å². The minimum absolute atomic E-state index is 0.593.